The number of halogens is 1. The highest BCUT2D eigenvalue weighted by Crippen LogP contribution is 2.34. The quantitative estimate of drug-likeness (QED) is 0.238. The highest BCUT2D eigenvalue weighted by atomic mass is 79.9. The van der Waals surface area contributed by atoms with Crippen molar-refractivity contribution in [3.05, 3.63) is 79.9 Å². The van der Waals surface area contributed by atoms with Gasteiger partial charge in [0.15, 0.2) is 5.16 Å². The Labute approximate surface area is 220 Å². The largest absolute Gasteiger partial charge is 0.325 e. The molecule has 0 atom stereocenters. The van der Waals surface area contributed by atoms with Crippen LogP contribution in [0.4, 0.5) is 5.69 Å². The molecule has 4 aromatic rings. The molecule has 0 fully saturated rings. The minimum atomic E-state index is -0.153. The molecule has 1 aliphatic heterocycles. The van der Waals surface area contributed by atoms with Gasteiger partial charge >= 0.3 is 0 Å². The molecule has 2 aromatic carbocycles. The molecule has 1 amide bonds. The van der Waals surface area contributed by atoms with Crippen LogP contribution in [0.2, 0.25) is 0 Å². The number of thioether (sulfide) groups is 1. The number of para-hydroxylation sites is 1. The Hall–Kier alpha value is -2.46. The smallest absolute Gasteiger partial charge is 0.267 e. The zero-order valence-corrected chi connectivity index (χ0v) is 22.7. The van der Waals surface area contributed by atoms with Gasteiger partial charge in [-0.3, -0.25) is 19.1 Å². The summed E-state index contributed by atoms with van der Waals surface area (Å²) in [5, 5.41) is 4.16. The van der Waals surface area contributed by atoms with E-state index in [1.807, 2.05) is 54.6 Å². The van der Waals surface area contributed by atoms with Gasteiger partial charge in [0.1, 0.15) is 4.83 Å². The Kier molecular flexibility index (Phi) is 7.11. The second-order valence-electron chi connectivity index (χ2n) is 8.72. The number of nitrogens with zero attached hydrogens (tertiary/aromatic N) is 3. The summed E-state index contributed by atoms with van der Waals surface area (Å²) in [6.07, 6.45) is 0.848. The second-order valence-corrected chi connectivity index (χ2v) is 11.7. The van der Waals surface area contributed by atoms with Gasteiger partial charge < -0.3 is 5.32 Å². The van der Waals surface area contributed by atoms with Crippen LogP contribution in [0.1, 0.15) is 24.3 Å². The van der Waals surface area contributed by atoms with Crippen molar-refractivity contribution >= 4 is 60.8 Å². The van der Waals surface area contributed by atoms with E-state index in [1.165, 1.54) is 16.6 Å². The summed E-state index contributed by atoms with van der Waals surface area (Å²) >= 11 is 6.31. The lowest BCUT2D eigenvalue weighted by Crippen LogP contribution is -2.35. The molecule has 1 aliphatic rings. The molecule has 0 spiro atoms. The summed E-state index contributed by atoms with van der Waals surface area (Å²) in [5.41, 5.74) is 2.54. The van der Waals surface area contributed by atoms with Crippen molar-refractivity contribution in [2.24, 2.45) is 0 Å². The SMILES string of the molecule is CC(C)N1CCc2c(sc3nc(SCC(=O)Nc4cccc(Br)c4)n(-c4ccccc4)c(=O)c23)C1. The van der Waals surface area contributed by atoms with Crippen LogP contribution >= 0.6 is 39.0 Å². The number of rotatable bonds is 6. The fourth-order valence-electron chi connectivity index (χ4n) is 4.28. The number of anilines is 1. The van der Waals surface area contributed by atoms with E-state index in [0.29, 0.717) is 11.2 Å². The first-order valence-electron chi connectivity index (χ1n) is 11.5. The van der Waals surface area contributed by atoms with E-state index in [4.69, 9.17) is 4.98 Å². The molecule has 0 saturated heterocycles. The highest BCUT2D eigenvalue weighted by molar-refractivity contribution is 9.10. The van der Waals surface area contributed by atoms with Crippen LogP contribution in [0.5, 0.6) is 0 Å². The molecule has 180 valence electrons. The summed E-state index contributed by atoms with van der Waals surface area (Å²) < 4.78 is 2.55. The Morgan fingerprint density at radius 3 is 2.74 bits per heavy atom. The number of aromatic nitrogens is 2. The van der Waals surface area contributed by atoms with Gasteiger partial charge in [0.25, 0.3) is 5.56 Å². The monoisotopic (exact) mass is 568 g/mol. The molecule has 0 bridgehead atoms. The number of carbonyl (C=O) groups is 1. The lowest BCUT2D eigenvalue weighted by molar-refractivity contribution is -0.113. The predicted molar refractivity (Wildman–Crippen MR) is 148 cm³/mol. The number of carbonyl (C=O) groups excluding carboxylic acids is 1. The average molecular weight is 570 g/mol. The maximum atomic E-state index is 13.9. The fourth-order valence-corrected chi connectivity index (χ4v) is 6.78. The van der Waals surface area contributed by atoms with Crippen molar-refractivity contribution < 1.29 is 4.79 Å². The van der Waals surface area contributed by atoms with E-state index in [0.717, 1.165) is 51.1 Å². The van der Waals surface area contributed by atoms with Gasteiger partial charge in [0.2, 0.25) is 5.91 Å². The van der Waals surface area contributed by atoms with Gasteiger partial charge in [-0.25, -0.2) is 4.98 Å². The molecule has 5 rings (SSSR count). The van der Waals surface area contributed by atoms with Gasteiger partial charge in [0, 0.05) is 34.2 Å². The van der Waals surface area contributed by atoms with Crippen LogP contribution in [-0.4, -0.2) is 38.7 Å². The topological polar surface area (TPSA) is 67.2 Å². The maximum absolute atomic E-state index is 13.9. The van der Waals surface area contributed by atoms with Gasteiger partial charge in [-0.15, -0.1) is 11.3 Å². The number of nitrogens with one attached hydrogen (secondary N) is 1. The molecule has 9 heteroatoms. The third-order valence-electron chi connectivity index (χ3n) is 6.06. The third-order valence-corrected chi connectivity index (χ3v) is 8.60. The van der Waals surface area contributed by atoms with E-state index in [2.05, 4.69) is 40.0 Å². The summed E-state index contributed by atoms with van der Waals surface area (Å²) in [6, 6.07) is 17.5. The van der Waals surface area contributed by atoms with E-state index in [1.54, 1.807) is 15.9 Å². The number of thiophene rings is 1. The molecule has 0 unspecified atom stereocenters. The van der Waals surface area contributed by atoms with Crippen molar-refractivity contribution in [3.63, 3.8) is 0 Å². The van der Waals surface area contributed by atoms with Crippen LogP contribution < -0.4 is 10.9 Å². The molecular formula is C26H25BrN4O2S2. The first-order chi connectivity index (χ1) is 16.9. The molecule has 0 radical (unpaired) electrons. The first kappa shape index (κ1) is 24.2. The lowest BCUT2D eigenvalue weighted by atomic mass is 10.0. The molecule has 0 aliphatic carbocycles. The molecule has 3 heterocycles. The van der Waals surface area contributed by atoms with Crippen LogP contribution in [0.15, 0.2) is 69.0 Å². The van der Waals surface area contributed by atoms with Crippen LogP contribution in [0, 0.1) is 0 Å². The molecule has 0 saturated carbocycles. The number of benzene rings is 2. The molecule has 1 N–H and O–H groups in total. The number of fused-ring (bicyclic) bond motifs is 3. The minimum Gasteiger partial charge on any atom is -0.325 e. The van der Waals surface area contributed by atoms with Crippen molar-refractivity contribution in [3.8, 4) is 5.69 Å². The number of amides is 1. The Morgan fingerprint density at radius 2 is 2.00 bits per heavy atom. The summed E-state index contributed by atoms with van der Waals surface area (Å²) in [5.74, 6) is -0.0103. The van der Waals surface area contributed by atoms with Gasteiger partial charge in [-0.1, -0.05) is 52.0 Å². The van der Waals surface area contributed by atoms with Gasteiger partial charge in [0.05, 0.1) is 16.8 Å². The molecule has 35 heavy (non-hydrogen) atoms. The zero-order valence-electron chi connectivity index (χ0n) is 19.5. The van der Waals surface area contributed by atoms with Crippen molar-refractivity contribution in [1.82, 2.24) is 14.5 Å². The molecular weight excluding hydrogens is 544 g/mol. The van der Waals surface area contributed by atoms with Crippen LogP contribution in [0.25, 0.3) is 15.9 Å². The minimum absolute atomic E-state index is 0.0633. The highest BCUT2D eigenvalue weighted by Gasteiger charge is 2.26. The first-order valence-corrected chi connectivity index (χ1v) is 14.0. The van der Waals surface area contributed by atoms with Crippen molar-refractivity contribution in [1.29, 1.82) is 0 Å². The molecule has 2 aromatic heterocycles. The Bertz CT molecular complexity index is 1450. The third kappa shape index (κ3) is 5.09. The van der Waals surface area contributed by atoms with Crippen LogP contribution in [-0.2, 0) is 17.8 Å². The number of hydrogen-bond acceptors (Lipinski definition) is 6. The van der Waals surface area contributed by atoms with Gasteiger partial charge in [-0.05, 0) is 56.2 Å². The van der Waals surface area contributed by atoms with Crippen molar-refractivity contribution in [2.45, 2.75) is 38.0 Å². The summed E-state index contributed by atoms with van der Waals surface area (Å²) in [4.78, 5) is 35.9. The van der Waals surface area contributed by atoms with Gasteiger partial charge in [-0.2, -0.15) is 0 Å². The number of hydrogen-bond donors (Lipinski definition) is 1. The average Bonchev–Trinajstić information content (AvgIpc) is 3.21. The van der Waals surface area contributed by atoms with E-state index < -0.39 is 0 Å². The maximum Gasteiger partial charge on any atom is 0.267 e. The predicted octanol–water partition coefficient (Wildman–Crippen LogP) is 5.71. The van der Waals surface area contributed by atoms with E-state index in [-0.39, 0.29) is 17.2 Å². The van der Waals surface area contributed by atoms with E-state index in [9.17, 15) is 9.59 Å². The van der Waals surface area contributed by atoms with Crippen molar-refractivity contribution in [2.75, 3.05) is 17.6 Å². The molecule has 6 nitrogen and oxygen atoms in total. The Balaban J connectivity index is 1.51. The zero-order chi connectivity index (χ0) is 24.5. The Morgan fingerprint density at radius 1 is 1.20 bits per heavy atom. The normalized spacial score (nSPS) is 13.8. The fraction of sp³-hybridized carbons (Fsp3) is 0.269. The standard InChI is InChI=1S/C26H25BrN4O2S2/c1-16(2)30-12-11-20-21(14-30)35-24-23(20)25(33)31(19-9-4-3-5-10-19)26(29-24)34-15-22(32)28-18-8-6-7-17(27)13-18/h3-10,13,16H,11-12,14-15H2,1-2H3,(H,28,32). The summed E-state index contributed by atoms with van der Waals surface area (Å²) in [7, 11) is 0. The van der Waals surface area contributed by atoms with E-state index >= 15 is 0 Å². The lowest BCUT2D eigenvalue weighted by Gasteiger charge is -2.30. The second kappa shape index (κ2) is 10.3. The summed E-state index contributed by atoms with van der Waals surface area (Å²) in [6.45, 7) is 6.18. The van der Waals surface area contributed by atoms with Crippen LogP contribution in [0.3, 0.4) is 0 Å².